The number of rotatable bonds is 1. The monoisotopic (exact) mass is 179 g/mol. The van der Waals surface area contributed by atoms with Crippen LogP contribution in [0.5, 0.6) is 0 Å². The summed E-state index contributed by atoms with van der Waals surface area (Å²) < 4.78 is 13.0. The highest BCUT2D eigenvalue weighted by atomic mass is 19.1. The molecule has 0 aromatic heterocycles. The predicted molar refractivity (Wildman–Crippen MR) is 46.5 cm³/mol. The van der Waals surface area contributed by atoms with Gasteiger partial charge in [0.2, 0.25) is 0 Å². The molecule has 0 atom stereocenters. The van der Waals surface area contributed by atoms with Crippen LogP contribution in [0, 0.1) is 18.2 Å². The van der Waals surface area contributed by atoms with Crippen LogP contribution < -0.4 is 5.11 Å². The molecule has 0 radical (unpaired) electrons. The van der Waals surface area contributed by atoms with Gasteiger partial charge < -0.3 is 5.11 Å². The number of nitrogens with zero attached hydrogens (tertiary/aromatic N) is 1. The van der Waals surface area contributed by atoms with E-state index in [4.69, 9.17) is 5.41 Å². The molecule has 3 nitrogen and oxygen atoms in total. The zero-order chi connectivity index (χ0) is 9.84. The Hall–Kier alpha value is -1.71. The van der Waals surface area contributed by atoms with Crippen molar-refractivity contribution in [3.63, 3.8) is 0 Å². The van der Waals surface area contributed by atoms with E-state index < -0.39 is 5.82 Å². The molecule has 0 amide bonds. The van der Waals surface area contributed by atoms with Crippen molar-refractivity contribution in [1.29, 1.82) is 5.41 Å². The normalized spacial score (nSPS) is 10.6. The molecule has 0 aliphatic heterocycles. The van der Waals surface area contributed by atoms with Crippen LogP contribution in [0.2, 0.25) is 0 Å². The summed E-state index contributed by atoms with van der Waals surface area (Å²) >= 11 is 0. The third-order valence-corrected chi connectivity index (χ3v) is 1.63. The number of hydrogen-bond donors (Lipinski definition) is 1. The Balaban J connectivity index is 3.04. The van der Waals surface area contributed by atoms with Gasteiger partial charge in [-0.1, -0.05) is 12.1 Å². The Morgan fingerprint density at radius 3 is 2.85 bits per heavy atom. The van der Waals surface area contributed by atoms with Gasteiger partial charge in [-0.05, 0) is 25.0 Å². The second kappa shape index (κ2) is 3.80. The van der Waals surface area contributed by atoms with Crippen LogP contribution in [0.25, 0.3) is 0 Å². The lowest BCUT2D eigenvalue weighted by atomic mass is 10.1. The summed E-state index contributed by atoms with van der Waals surface area (Å²) in [6, 6.07) is 4.28. The first kappa shape index (κ1) is 9.38. The average Bonchev–Trinajstić information content (AvgIpc) is 2.10. The van der Waals surface area contributed by atoms with Crippen LogP contribution in [0.3, 0.4) is 0 Å². The second-order valence-corrected chi connectivity index (χ2v) is 2.55. The van der Waals surface area contributed by atoms with E-state index >= 15 is 0 Å². The van der Waals surface area contributed by atoms with Crippen LogP contribution in [0.15, 0.2) is 23.2 Å². The van der Waals surface area contributed by atoms with Crippen molar-refractivity contribution in [2.24, 2.45) is 4.99 Å². The minimum Gasteiger partial charge on any atom is -0.864 e. The third kappa shape index (κ3) is 2.11. The fraction of sp³-hybridized carbons (Fsp3) is 0.111. The molecule has 1 aromatic rings. The number of nitrogens with one attached hydrogen (secondary N) is 1. The Morgan fingerprint density at radius 1 is 1.62 bits per heavy atom. The molecule has 1 rings (SSSR count). The fourth-order valence-electron chi connectivity index (χ4n) is 0.867. The average molecular weight is 179 g/mol. The highest BCUT2D eigenvalue weighted by Crippen LogP contribution is 2.09. The Morgan fingerprint density at radius 2 is 2.31 bits per heavy atom. The standard InChI is InChI=1S/C9H9FN2O/c1-6-2-3-7(4-8(6)10)9(11)12-5-13/h2-5H,1H3,(H2,11,12,13)/p-1. The van der Waals surface area contributed by atoms with E-state index in [0.29, 0.717) is 11.1 Å². The molecule has 0 spiro atoms. The van der Waals surface area contributed by atoms with Crippen LogP contribution in [-0.4, -0.2) is 12.2 Å². The first-order chi connectivity index (χ1) is 6.15. The Labute approximate surface area is 75.1 Å². The molecule has 0 fully saturated rings. The number of benzene rings is 1. The number of halogens is 1. The van der Waals surface area contributed by atoms with Gasteiger partial charge in [0.05, 0.1) is 0 Å². The lowest BCUT2D eigenvalue weighted by Gasteiger charge is -2.01. The van der Waals surface area contributed by atoms with Gasteiger partial charge in [-0.25, -0.2) is 4.39 Å². The van der Waals surface area contributed by atoms with Crippen molar-refractivity contribution in [3.05, 3.63) is 35.1 Å². The van der Waals surface area contributed by atoms with E-state index in [0.717, 1.165) is 0 Å². The summed E-state index contributed by atoms with van der Waals surface area (Å²) in [6.45, 7) is 1.62. The van der Waals surface area contributed by atoms with Gasteiger partial charge in [0.25, 0.3) is 0 Å². The van der Waals surface area contributed by atoms with E-state index in [1.54, 1.807) is 19.1 Å². The maximum absolute atomic E-state index is 13.0. The molecule has 4 heteroatoms. The molecule has 0 saturated carbocycles. The summed E-state index contributed by atoms with van der Waals surface area (Å²) in [6.07, 6.45) is 0.264. The predicted octanol–water partition coefficient (Wildman–Crippen LogP) is 0.848. The lowest BCUT2D eigenvalue weighted by Crippen LogP contribution is -2.03. The van der Waals surface area contributed by atoms with E-state index in [-0.39, 0.29) is 12.2 Å². The summed E-state index contributed by atoms with van der Waals surface area (Å²) in [5, 5.41) is 17.2. The molecule has 0 heterocycles. The van der Waals surface area contributed by atoms with Gasteiger partial charge in [-0.15, -0.1) is 0 Å². The van der Waals surface area contributed by atoms with Gasteiger partial charge in [0.15, 0.2) is 5.84 Å². The molecular weight excluding hydrogens is 171 g/mol. The molecular formula is C9H8FN2O-. The summed E-state index contributed by atoms with van der Waals surface area (Å²) in [5.41, 5.74) is 0.804. The molecule has 13 heavy (non-hydrogen) atoms. The van der Waals surface area contributed by atoms with E-state index in [1.165, 1.54) is 6.07 Å². The maximum atomic E-state index is 13.0. The minimum atomic E-state index is -0.400. The largest absolute Gasteiger partial charge is 0.864 e. The van der Waals surface area contributed by atoms with Crippen molar-refractivity contribution in [2.75, 3.05) is 0 Å². The van der Waals surface area contributed by atoms with E-state index in [1.807, 2.05) is 0 Å². The van der Waals surface area contributed by atoms with Gasteiger partial charge in [-0.3, -0.25) is 10.4 Å². The SMILES string of the molecule is Cc1ccc(C(=N)N=C[O-])cc1F. The van der Waals surface area contributed by atoms with Crippen LogP contribution in [0.1, 0.15) is 11.1 Å². The van der Waals surface area contributed by atoms with E-state index in [9.17, 15) is 9.50 Å². The second-order valence-electron chi connectivity index (χ2n) is 2.55. The van der Waals surface area contributed by atoms with Gasteiger partial charge in [-0.2, -0.15) is 0 Å². The molecule has 1 aromatic carbocycles. The van der Waals surface area contributed by atoms with Crippen LogP contribution >= 0.6 is 0 Å². The molecule has 0 saturated heterocycles. The van der Waals surface area contributed by atoms with E-state index in [2.05, 4.69) is 4.99 Å². The molecule has 68 valence electrons. The Bertz CT molecular complexity index is 361. The van der Waals surface area contributed by atoms with Gasteiger partial charge >= 0.3 is 0 Å². The zero-order valence-electron chi connectivity index (χ0n) is 7.04. The van der Waals surface area contributed by atoms with Crippen molar-refractivity contribution in [1.82, 2.24) is 0 Å². The van der Waals surface area contributed by atoms with Crippen molar-refractivity contribution in [3.8, 4) is 0 Å². The number of amidine groups is 1. The summed E-state index contributed by atoms with van der Waals surface area (Å²) in [4.78, 5) is 3.20. The quantitative estimate of drug-likeness (QED) is 0.504. The smallest absolute Gasteiger partial charge is 0.150 e. The Kier molecular flexibility index (Phi) is 2.74. The number of hydrogen-bond acceptors (Lipinski definition) is 2. The van der Waals surface area contributed by atoms with Gasteiger partial charge in [0.1, 0.15) is 5.82 Å². The molecule has 1 N–H and O–H groups in total. The topological polar surface area (TPSA) is 59.3 Å². The first-order valence-corrected chi connectivity index (χ1v) is 3.64. The molecule has 0 unspecified atom stereocenters. The molecule has 0 aliphatic carbocycles. The van der Waals surface area contributed by atoms with Crippen molar-refractivity contribution in [2.45, 2.75) is 6.92 Å². The van der Waals surface area contributed by atoms with Crippen molar-refractivity contribution < 1.29 is 9.50 Å². The highest BCUT2D eigenvalue weighted by Gasteiger charge is 2.01. The molecule has 0 bridgehead atoms. The third-order valence-electron chi connectivity index (χ3n) is 1.63. The van der Waals surface area contributed by atoms with Crippen LogP contribution in [0.4, 0.5) is 4.39 Å². The number of aliphatic imine (C=N–C) groups is 1. The fourth-order valence-corrected chi connectivity index (χ4v) is 0.867. The zero-order valence-corrected chi connectivity index (χ0v) is 7.04. The van der Waals surface area contributed by atoms with Gasteiger partial charge in [0, 0.05) is 5.56 Å². The highest BCUT2D eigenvalue weighted by molar-refractivity contribution is 5.99. The number of aryl methyl sites for hydroxylation is 1. The minimum absolute atomic E-state index is 0.228. The first-order valence-electron chi connectivity index (χ1n) is 3.64. The summed E-state index contributed by atoms with van der Waals surface area (Å²) in [5.74, 6) is -0.628. The van der Waals surface area contributed by atoms with Crippen LogP contribution in [-0.2, 0) is 0 Å². The summed E-state index contributed by atoms with van der Waals surface area (Å²) in [7, 11) is 0. The van der Waals surface area contributed by atoms with Crippen molar-refractivity contribution >= 4 is 12.2 Å². The lowest BCUT2D eigenvalue weighted by molar-refractivity contribution is -0.200. The molecule has 0 aliphatic rings. The maximum Gasteiger partial charge on any atom is 0.150 e.